The first-order valence-electron chi connectivity index (χ1n) is 5.55. The zero-order valence-corrected chi connectivity index (χ0v) is 13.2. The zero-order chi connectivity index (χ0) is 14.9. The van der Waals surface area contributed by atoms with Gasteiger partial charge in [0.15, 0.2) is 0 Å². The summed E-state index contributed by atoms with van der Waals surface area (Å²) >= 11 is 3.17. The minimum atomic E-state index is -3.81. The Morgan fingerprint density at radius 3 is 2.50 bits per heavy atom. The largest absolute Gasteiger partial charge is 0.399 e. The molecule has 0 unspecified atom stereocenters. The summed E-state index contributed by atoms with van der Waals surface area (Å²) in [5.41, 5.74) is 7.28. The van der Waals surface area contributed by atoms with Crippen molar-refractivity contribution >= 4 is 37.6 Å². The van der Waals surface area contributed by atoms with Gasteiger partial charge in [0, 0.05) is 10.2 Å². The summed E-state index contributed by atoms with van der Waals surface area (Å²) in [5.74, 6) is -0.0724. The number of nitrogens with two attached hydrogens (primary N) is 1. The van der Waals surface area contributed by atoms with Crippen LogP contribution < -0.4 is 10.5 Å². The van der Waals surface area contributed by atoms with Gasteiger partial charge in [-0.1, -0.05) is 0 Å². The lowest BCUT2D eigenvalue weighted by molar-refractivity contribution is 0.600. The van der Waals surface area contributed by atoms with E-state index in [9.17, 15) is 8.42 Å². The molecule has 20 heavy (non-hydrogen) atoms. The topological polar surface area (TPSA) is 111 Å². The fourth-order valence-electron chi connectivity index (χ4n) is 1.41. The van der Waals surface area contributed by atoms with Crippen molar-refractivity contribution in [1.29, 1.82) is 0 Å². The first kappa shape index (κ1) is 14.7. The number of anilines is 2. The van der Waals surface area contributed by atoms with Gasteiger partial charge in [-0.25, -0.2) is 18.1 Å². The van der Waals surface area contributed by atoms with Crippen LogP contribution in [0.25, 0.3) is 0 Å². The molecule has 0 saturated carbocycles. The van der Waals surface area contributed by atoms with Crippen LogP contribution in [-0.4, -0.2) is 23.6 Å². The van der Waals surface area contributed by atoms with Crippen LogP contribution in [0, 0.1) is 13.8 Å². The maximum atomic E-state index is 12.2. The maximum absolute atomic E-state index is 12.2. The number of nitrogens with one attached hydrogen (secondary N) is 1. The number of halogens is 1. The van der Waals surface area contributed by atoms with E-state index < -0.39 is 10.0 Å². The quantitative estimate of drug-likeness (QED) is 0.807. The number of aromatic nitrogens is 3. The Hall–Kier alpha value is -1.74. The summed E-state index contributed by atoms with van der Waals surface area (Å²) < 4.78 is 27.1. The highest BCUT2D eigenvalue weighted by Crippen LogP contribution is 2.25. The summed E-state index contributed by atoms with van der Waals surface area (Å²) in [6.45, 7) is 3.46. The van der Waals surface area contributed by atoms with Gasteiger partial charge in [0.1, 0.15) is 4.90 Å². The number of sulfonamides is 1. The molecule has 1 aromatic heterocycles. The summed E-state index contributed by atoms with van der Waals surface area (Å²) in [5, 5.41) is 7.53. The minimum Gasteiger partial charge on any atom is -0.399 e. The van der Waals surface area contributed by atoms with Crippen LogP contribution in [0.3, 0.4) is 0 Å². The second kappa shape index (κ2) is 5.33. The lowest BCUT2D eigenvalue weighted by atomic mass is 10.3. The van der Waals surface area contributed by atoms with Crippen molar-refractivity contribution < 1.29 is 8.42 Å². The van der Waals surface area contributed by atoms with Gasteiger partial charge in [-0.05, 0) is 48.0 Å². The van der Waals surface area contributed by atoms with E-state index in [4.69, 9.17) is 5.73 Å². The maximum Gasteiger partial charge on any atom is 0.265 e. The van der Waals surface area contributed by atoms with Crippen molar-refractivity contribution in [1.82, 2.24) is 15.2 Å². The Balaban J connectivity index is 2.38. The van der Waals surface area contributed by atoms with E-state index in [1.54, 1.807) is 13.8 Å². The molecule has 0 radical (unpaired) electrons. The van der Waals surface area contributed by atoms with Crippen LogP contribution in [0.15, 0.2) is 27.6 Å². The number of rotatable bonds is 3. The monoisotopic (exact) mass is 357 g/mol. The molecule has 1 heterocycles. The van der Waals surface area contributed by atoms with Crippen molar-refractivity contribution in [3.05, 3.63) is 34.1 Å². The molecule has 2 aromatic rings. The molecule has 0 spiro atoms. The van der Waals surface area contributed by atoms with Crippen LogP contribution >= 0.6 is 15.9 Å². The molecule has 1 aromatic carbocycles. The van der Waals surface area contributed by atoms with Gasteiger partial charge in [-0.2, -0.15) is 5.10 Å². The highest BCUT2D eigenvalue weighted by molar-refractivity contribution is 9.10. The summed E-state index contributed by atoms with van der Waals surface area (Å²) in [6.07, 6.45) is 0. The molecule has 0 amide bonds. The first-order chi connectivity index (χ1) is 9.29. The Labute approximate surface area is 124 Å². The second-order valence-corrected chi connectivity index (χ2v) is 6.61. The number of hydrogen-bond acceptors (Lipinski definition) is 6. The molecule has 0 fully saturated rings. The zero-order valence-electron chi connectivity index (χ0n) is 10.8. The highest BCUT2D eigenvalue weighted by Gasteiger charge is 2.19. The van der Waals surface area contributed by atoms with Crippen molar-refractivity contribution in [3.63, 3.8) is 0 Å². The highest BCUT2D eigenvalue weighted by atomic mass is 79.9. The Morgan fingerprint density at radius 1 is 1.20 bits per heavy atom. The fourth-order valence-corrected chi connectivity index (χ4v) is 3.45. The Morgan fingerprint density at radius 2 is 1.90 bits per heavy atom. The molecule has 0 atom stereocenters. The molecular formula is C11H12BrN5O2S. The smallest absolute Gasteiger partial charge is 0.265 e. The van der Waals surface area contributed by atoms with Crippen LogP contribution in [0.2, 0.25) is 0 Å². The molecule has 7 nitrogen and oxygen atoms in total. The Bertz CT molecular complexity index is 763. The number of aryl methyl sites for hydroxylation is 2. The van der Waals surface area contributed by atoms with Crippen LogP contribution in [0.5, 0.6) is 0 Å². The van der Waals surface area contributed by atoms with E-state index in [0.717, 1.165) is 0 Å². The third-order valence-corrected chi connectivity index (χ3v) is 4.87. The lowest BCUT2D eigenvalue weighted by Crippen LogP contribution is -2.17. The molecule has 2 rings (SSSR count). The molecule has 0 aliphatic rings. The van der Waals surface area contributed by atoms with Crippen molar-refractivity contribution in [2.75, 3.05) is 10.5 Å². The average molecular weight is 358 g/mol. The van der Waals surface area contributed by atoms with E-state index in [2.05, 4.69) is 35.8 Å². The molecular weight excluding hydrogens is 346 g/mol. The predicted molar refractivity (Wildman–Crippen MR) is 78.7 cm³/mol. The molecule has 0 bridgehead atoms. The number of benzene rings is 1. The average Bonchev–Trinajstić information content (AvgIpc) is 2.33. The van der Waals surface area contributed by atoms with Gasteiger partial charge < -0.3 is 5.73 Å². The van der Waals surface area contributed by atoms with Gasteiger partial charge in [0.25, 0.3) is 16.0 Å². The first-order valence-corrected chi connectivity index (χ1v) is 7.83. The Kier molecular flexibility index (Phi) is 3.91. The van der Waals surface area contributed by atoms with Crippen LogP contribution in [0.4, 0.5) is 11.6 Å². The van der Waals surface area contributed by atoms with E-state index in [1.165, 1.54) is 18.2 Å². The summed E-state index contributed by atoms with van der Waals surface area (Å²) in [6, 6.07) is 4.41. The van der Waals surface area contributed by atoms with Crippen molar-refractivity contribution in [3.8, 4) is 0 Å². The number of nitrogens with zero attached hydrogens (tertiary/aromatic N) is 3. The molecule has 106 valence electrons. The van der Waals surface area contributed by atoms with E-state index in [-0.39, 0.29) is 10.8 Å². The standard InChI is InChI=1S/C11H12BrN5O2S/c1-6-7(2)15-16-11(14-6)17-20(18,19)10-4-3-8(13)5-9(10)12/h3-5H,13H2,1-2H3,(H,14,16,17). The third-order valence-electron chi connectivity index (χ3n) is 2.56. The molecule has 9 heteroatoms. The fraction of sp³-hybridized carbons (Fsp3) is 0.182. The predicted octanol–water partition coefficient (Wildman–Crippen LogP) is 1.63. The number of hydrogen-bond donors (Lipinski definition) is 2. The summed E-state index contributed by atoms with van der Waals surface area (Å²) in [4.78, 5) is 4.08. The van der Waals surface area contributed by atoms with Gasteiger partial charge >= 0.3 is 0 Å². The lowest BCUT2D eigenvalue weighted by Gasteiger charge is -2.09. The SMILES string of the molecule is Cc1nnc(NS(=O)(=O)c2ccc(N)cc2Br)nc1C. The van der Waals surface area contributed by atoms with Gasteiger partial charge in [-0.3, -0.25) is 0 Å². The molecule has 3 N–H and O–H groups in total. The van der Waals surface area contributed by atoms with Crippen molar-refractivity contribution in [2.45, 2.75) is 18.7 Å². The number of nitrogen functional groups attached to an aromatic ring is 1. The summed E-state index contributed by atoms with van der Waals surface area (Å²) in [7, 11) is -3.81. The van der Waals surface area contributed by atoms with Crippen LogP contribution in [0.1, 0.15) is 11.4 Å². The molecule has 0 aliphatic heterocycles. The van der Waals surface area contributed by atoms with Crippen LogP contribution in [-0.2, 0) is 10.0 Å². The minimum absolute atomic E-state index is 0.0496. The van der Waals surface area contributed by atoms with E-state index in [0.29, 0.717) is 21.5 Å². The second-order valence-electron chi connectivity index (χ2n) is 4.10. The van der Waals surface area contributed by atoms with Gasteiger partial charge in [0.2, 0.25) is 0 Å². The molecule has 0 saturated heterocycles. The van der Waals surface area contributed by atoms with E-state index >= 15 is 0 Å². The normalized spacial score (nSPS) is 11.3. The van der Waals surface area contributed by atoms with Gasteiger partial charge in [-0.15, -0.1) is 5.10 Å². The third kappa shape index (κ3) is 3.05. The van der Waals surface area contributed by atoms with E-state index in [1.807, 2.05) is 0 Å². The molecule has 0 aliphatic carbocycles. The van der Waals surface area contributed by atoms with Crippen molar-refractivity contribution in [2.24, 2.45) is 0 Å². The van der Waals surface area contributed by atoms with Gasteiger partial charge in [0.05, 0.1) is 11.4 Å².